The third-order valence-corrected chi connectivity index (χ3v) is 12.5. The smallest absolute Gasteiger partial charge is 0.261 e. The van der Waals surface area contributed by atoms with Gasteiger partial charge in [0.25, 0.3) is 8.32 Å². The first-order valence-electron chi connectivity index (χ1n) is 12.7. The van der Waals surface area contributed by atoms with Crippen molar-refractivity contribution in [3.05, 3.63) is 73.3 Å². The van der Waals surface area contributed by atoms with Crippen LogP contribution in [0.25, 0.3) is 0 Å². The first kappa shape index (κ1) is 25.3. The predicted molar refractivity (Wildman–Crippen MR) is 140 cm³/mol. The number of ether oxygens (including phenoxy) is 2. The molecular formula is C29H40O4Si. The summed E-state index contributed by atoms with van der Waals surface area (Å²) in [6, 6.07) is 21.2. The number of hydrogen-bond acceptors (Lipinski definition) is 4. The average Bonchev–Trinajstić information content (AvgIpc) is 3.25. The van der Waals surface area contributed by atoms with E-state index in [0.29, 0.717) is 13.2 Å². The number of hydrogen-bond donors (Lipinski definition) is 1. The van der Waals surface area contributed by atoms with E-state index in [9.17, 15) is 5.11 Å². The van der Waals surface area contributed by atoms with Gasteiger partial charge in [0, 0.05) is 25.4 Å². The molecule has 4 rings (SSSR count). The zero-order chi connectivity index (χ0) is 24.2. The van der Waals surface area contributed by atoms with Gasteiger partial charge in [-0.15, -0.1) is 6.58 Å². The van der Waals surface area contributed by atoms with Gasteiger partial charge in [0.05, 0.1) is 12.7 Å². The lowest BCUT2D eigenvalue weighted by Gasteiger charge is -2.44. The number of aliphatic hydroxyl groups excluding tert-OH is 1. The SMILES string of the molecule is C=C[C@H](CO[Si](c1ccccc1)(c1ccccc1)C(C)(C)C)[C@@H](O)[C@H]1COC2(CCCCC2)O1. The summed E-state index contributed by atoms with van der Waals surface area (Å²) >= 11 is 0. The molecule has 1 aliphatic heterocycles. The minimum atomic E-state index is -2.68. The molecule has 1 heterocycles. The van der Waals surface area contributed by atoms with Crippen molar-refractivity contribution in [3.63, 3.8) is 0 Å². The van der Waals surface area contributed by atoms with Crippen molar-refractivity contribution in [2.24, 2.45) is 5.92 Å². The molecule has 1 spiro atoms. The van der Waals surface area contributed by atoms with Crippen LogP contribution in [0.1, 0.15) is 52.9 Å². The Labute approximate surface area is 206 Å². The van der Waals surface area contributed by atoms with Gasteiger partial charge in [0.1, 0.15) is 6.10 Å². The molecule has 2 aliphatic rings. The highest BCUT2D eigenvalue weighted by Crippen LogP contribution is 2.40. The van der Waals surface area contributed by atoms with Crippen LogP contribution >= 0.6 is 0 Å². The van der Waals surface area contributed by atoms with Gasteiger partial charge in [0.2, 0.25) is 0 Å². The average molecular weight is 481 g/mol. The first-order valence-corrected chi connectivity index (χ1v) is 14.6. The Morgan fingerprint density at radius 2 is 1.59 bits per heavy atom. The van der Waals surface area contributed by atoms with E-state index < -0.39 is 20.2 Å². The quantitative estimate of drug-likeness (QED) is 0.435. The maximum Gasteiger partial charge on any atom is 0.261 e. The van der Waals surface area contributed by atoms with E-state index in [-0.39, 0.29) is 17.1 Å². The van der Waals surface area contributed by atoms with Crippen LogP contribution in [0, 0.1) is 5.92 Å². The van der Waals surface area contributed by atoms with Gasteiger partial charge in [-0.2, -0.15) is 0 Å². The van der Waals surface area contributed by atoms with Gasteiger partial charge >= 0.3 is 0 Å². The monoisotopic (exact) mass is 480 g/mol. The van der Waals surface area contributed by atoms with E-state index in [1.165, 1.54) is 16.8 Å². The van der Waals surface area contributed by atoms with E-state index in [1.807, 2.05) is 18.2 Å². The summed E-state index contributed by atoms with van der Waals surface area (Å²) in [4.78, 5) is 0. The molecule has 1 N–H and O–H groups in total. The van der Waals surface area contributed by atoms with Crippen LogP contribution in [0.5, 0.6) is 0 Å². The van der Waals surface area contributed by atoms with Gasteiger partial charge < -0.3 is 19.0 Å². The van der Waals surface area contributed by atoms with Crippen LogP contribution in [0.15, 0.2) is 73.3 Å². The maximum absolute atomic E-state index is 11.3. The second kappa shape index (κ2) is 10.5. The Bertz CT molecular complexity index is 879. The molecule has 2 aromatic carbocycles. The van der Waals surface area contributed by atoms with Gasteiger partial charge in [-0.25, -0.2) is 0 Å². The lowest BCUT2D eigenvalue weighted by Crippen LogP contribution is -2.67. The highest BCUT2D eigenvalue weighted by molar-refractivity contribution is 6.99. The Morgan fingerprint density at radius 1 is 1.03 bits per heavy atom. The molecule has 1 saturated carbocycles. The minimum absolute atomic E-state index is 0.120. The molecule has 0 radical (unpaired) electrons. The van der Waals surface area contributed by atoms with E-state index in [4.69, 9.17) is 13.9 Å². The van der Waals surface area contributed by atoms with Crippen LogP contribution in [-0.2, 0) is 13.9 Å². The van der Waals surface area contributed by atoms with Gasteiger partial charge in [-0.1, -0.05) is 93.9 Å². The second-order valence-electron chi connectivity index (χ2n) is 10.8. The van der Waals surface area contributed by atoms with Crippen LogP contribution in [0.3, 0.4) is 0 Å². The Kier molecular flexibility index (Phi) is 7.80. The van der Waals surface area contributed by atoms with Crippen LogP contribution in [0.2, 0.25) is 5.04 Å². The summed E-state index contributed by atoms with van der Waals surface area (Å²) in [6.07, 6.45) is 6.01. The minimum Gasteiger partial charge on any atom is -0.407 e. The maximum atomic E-state index is 11.3. The first-order chi connectivity index (χ1) is 16.3. The van der Waals surface area contributed by atoms with Gasteiger partial charge in [0.15, 0.2) is 5.79 Å². The van der Waals surface area contributed by atoms with E-state index in [0.717, 1.165) is 25.7 Å². The van der Waals surface area contributed by atoms with Crippen molar-refractivity contribution in [2.75, 3.05) is 13.2 Å². The highest BCUT2D eigenvalue weighted by atomic mass is 28.4. The van der Waals surface area contributed by atoms with Crippen molar-refractivity contribution < 1.29 is 19.0 Å². The Balaban J connectivity index is 1.58. The molecule has 1 saturated heterocycles. The van der Waals surface area contributed by atoms with Crippen molar-refractivity contribution in [1.82, 2.24) is 0 Å². The number of rotatable bonds is 8. The molecule has 0 bridgehead atoms. The largest absolute Gasteiger partial charge is 0.407 e. The third kappa shape index (κ3) is 4.95. The van der Waals surface area contributed by atoms with Crippen molar-refractivity contribution in [1.29, 1.82) is 0 Å². The fraction of sp³-hybridized carbons (Fsp3) is 0.517. The van der Waals surface area contributed by atoms with Gasteiger partial charge in [-0.3, -0.25) is 0 Å². The topological polar surface area (TPSA) is 47.9 Å². The molecule has 2 fully saturated rings. The summed E-state index contributed by atoms with van der Waals surface area (Å²) in [5, 5.41) is 13.7. The molecule has 5 heteroatoms. The summed E-state index contributed by atoms with van der Waals surface area (Å²) in [7, 11) is -2.68. The van der Waals surface area contributed by atoms with Crippen LogP contribution < -0.4 is 10.4 Å². The lowest BCUT2D eigenvalue weighted by molar-refractivity contribution is -0.197. The molecule has 1 aliphatic carbocycles. The molecular weight excluding hydrogens is 440 g/mol. The zero-order valence-electron chi connectivity index (χ0n) is 20.9. The summed E-state index contributed by atoms with van der Waals surface area (Å²) in [5.74, 6) is -0.761. The normalized spacial score (nSPS) is 22.4. The third-order valence-electron chi connectivity index (χ3n) is 7.52. The fourth-order valence-electron chi connectivity index (χ4n) is 5.66. The predicted octanol–water partition coefficient (Wildman–Crippen LogP) is 4.80. The van der Waals surface area contributed by atoms with Crippen molar-refractivity contribution >= 4 is 18.7 Å². The van der Waals surface area contributed by atoms with E-state index in [1.54, 1.807) is 0 Å². The lowest BCUT2D eigenvalue weighted by atomic mass is 9.94. The molecule has 0 amide bonds. The molecule has 0 unspecified atom stereocenters. The molecule has 3 atom stereocenters. The van der Waals surface area contributed by atoms with Crippen LogP contribution in [-0.4, -0.2) is 44.6 Å². The van der Waals surface area contributed by atoms with Crippen LogP contribution in [0.4, 0.5) is 0 Å². The van der Waals surface area contributed by atoms with E-state index in [2.05, 4.69) is 75.9 Å². The summed E-state index contributed by atoms with van der Waals surface area (Å²) in [5.41, 5.74) is 0. The molecule has 184 valence electrons. The van der Waals surface area contributed by atoms with Crippen molar-refractivity contribution in [3.8, 4) is 0 Å². The molecule has 4 nitrogen and oxygen atoms in total. The summed E-state index contributed by atoms with van der Waals surface area (Å²) < 4.78 is 19.5. The standard InChI is InChI=1S/C29H40O4Si/c1-5-23(27(30)26-22-31-29(33-26)19-13-8-14-20-29)21-32-34(28(2,3)4,24-15-9-6-10-16-24)25-17-11-7-12-18-25/h5-7,9-12,15-18,23,26-27,30H,1,8,13-14,19-22H2,2-4H3/t23-,26-,27-/m1/s1. The van der Waals surface area contributed by atoms with Crippen molar-refractivity contribution in [2.45, 2.75) is 75.9 Å². The van der Waals surface area contributed by atoms with Gasteiger partial charge in [-0.05, 0) is 28.3 Å². The Hall–Kier alpha value is -1.76. The second-order valence-corrected chi connectivity index (χ2v) is 15.1. The summed E-state index contributed by atoms with van der Waals surface area (Å²) in [6.45, 7) is 11.6. The zero-order valence-corrected chi connectivity index (χ0v) is 21.9. The fourth-order valence-corrected chi connectivity index (χ4v) is 10.3. The number of aliphatic hydroxyl groups is 1. The Morgan fingerprint density at radius 3 is 2.09 bits per heavy atom. The highest BCUT2D eigenvalue weighted by Gasteiger charge is 2.51. The number of benzene rings is 2. The molecule has 34 heavy (non-hydrogen) atoms. The van der Waals surface area contributed by atoms with E-state index >= 15 is 0 Å². The molecule has 2 aromatic rings. The molecule has 0 aromatic heterocycles.